The second-order valence-corrected chi connectivity index (χ2v) is 6.95. The predicted octanol–water partition coefficient (Wildman–Crippen LogP) is 1.17. The second kappa shape index (κ2) is 7.73. The number of hydrogen-bond acceptors (Lipinski definition) is 5. The van der Waals surface area contributed by atoms with Crippen LogP contribution in [0.2, 0.25) is 0 Å². The molecule has 2 amide bonds. The van der Waals surface area contributed by atoms with Crippen molar-refractivity contribution in [3.63, 3.8) is 0 Å². The number of piperazine rings is 1. The summed E-state index contributed by atoms with van der Waals surface area (Å²) in [6.07, 6.45) is 4.04. The van der Waals surface area contributed by atoms with Crippen LogP contribution >= 0.6 is 0 Å². The van der Waals surface area contributed by atoms with E-state index < -0.39 is 5.92 Å². The van der Waals surface area contributed by atoms with Gasteiger partial charge in [0.05, 0.1) is 0 Å². The summed E-state index contributed by atoms with van der Waals surface area (Å²) in [4.78, 5) is 39.8. The first-order valence-electron chi connectivity index (χ1n) is 9.36. The molecular formula is C20H23N5O2. The minimum Gasteiger partial charge on any atom is -0.338 e. The molecule has 1 aromatic heterocycles. The minimum absolute atomic E-state index is 0.0378. The Labute approximate surface area is 158 Å². The Hall–Kier alpha value is -2.96. The van der Waals surface area contributed by atoms with Gasteiger partial charge in [0.25, 0.3) is 0 Å². The van der Waals surface area contributed by atoms with Crippen LogP contribution < -0.4 is 4.90 Å². The average Bonchev–Trinajstić information content (AvgIpc) is 3.09. The Kier molecular flexibility index (Phi) is 5.00. The van der Waals surface area contributed by atoms with Gasteiger partial charge in [0.15, 0.2) is 0 Å². The van der Waals surface area contributed by atoms with Crippen LogP contribution in [0.1, 0.15) is 12.0 Å². The Bertz CT molecular complexity index is 791. The van der Waals surface area contributed by atoms with Crippen LogP contribution in [0, 0.1) is 5.92 Å². The maximum Gasteiger partial charge on any atom is 0.235 e. The molecule has 3 heterocycles. The summed E-state index contributed by atoms with van der Waals surface area (Å²) in [5, 5.41) is 0. The topological polar surface area (TPSA) is 69.6 Å². The Morgan fingerprint density at radius 2 is 1.67 bits per heavy atom. The summed E-state index contributed by atoms with van der Waals surface area (Å²) < 4.78 is 0. The van der Waals surface area contributed by atoms with Crippen LogP contribution in [-0.2, 0) is 16.1 Å². The van der Waals surface area contributed by atoms with Crippen LogP contribution in [0.4, 0.5) is 5.95 Å². The summed E-state index contributed by atoms with van der Waals surface area (Å²) >= 11 is 0. The van der Waals surface area contributed by atoms with Crippen LogP contribution in [0.5, 0.6) is 0 Å². The zero-order chi connectivity index (χ0) is 18.6. The number of nitrogens with zero attached hydrogens (tertiary/aromatic N) is 5. The Morgan fingerprint density at radius 3 is 2.37 bits per heavy atom. The van der Waals surface area contributed by atoms with Crippen molar-refractivity contribution < 1.29 is 9.59 Å². The van der Waals surface area contributed by atoms with Gasteiger partial charge < -0.3 is 14.7 Å². The van der Waals surface area contributed by atoms with Gasteiger partial charge in [-0.2, -0.15) is 0 Å². The first-order valence-corrected chi connectivity index (χ1v) is 9.36. The molecule has 0 radical (unpaired) electrons. The quantitative estimate of drug-likeness (QED) is 0.761. The lowest BCUT2D eigenvalue weighted by Crippen LogP contribution is -2.51. The standard InChI is InChI=1S/C20H23N5O2/c26-18(23-11-13-24(14-12-23)20-21-8-4-9-22-20)17-7-10-25(19(17)27)15-16-5-2-1-3-6-16/h1-6,8-9,17H,7,10-15H2. The van der Waals surface area contributed by atoms with E-state index in [4.69, 9.17) is 0 Å². The maximum atomic E-state index is 12.9. The third-order valence-corrected chi connectivity index (χ3v) is 5.24. The highest BCUT2D eigenvalue weighted by atomic mass is 16.2. The SMILES string of the molecule is O=C(C1CCN(Cc2ccccc2)C1=O)N1CCN(c2ncccn2)CC1. The number of aromatic nitrogens is 2. The van der Waals surface area contributed by atoms with Crippen LogP contribution in [0.25, 0.3) is 0 Å². The predicted molar refractivity (Wildman–Crippen MR) is 101 cm³/mol. The van der Waals surface area contributed by atoms with Crippen molar-refractivity contribution in [2.45, 2.75) is 13.0 Å². The van der Waals surface area contributed by atoms with E-state index >= 15 is 0 Å². The van der Waals surface area contributed by atoms with Gasteiger partial charge in [-0.1, -0.05) is 30.3 Å². The number of rotatable bonds is 4. The van der Waals surface area contributed by atoms with Crippen molar-refractivity contribution in [1.82, 2.24) is 19.8 Å². The normalized spacial score (nSPS) is 20.2. The number of carbonyl (C=O) groups excluding carboxylic acids is 2. The second-order valence-electron chi connectivity index (χ2n) is 6.95. The highest BCUT2D eigenvalue weighted by Gasteiger charge is 2.39. The summed E-state index contributed by atoms with van der Waals surface area (Å²) in [6.45, 7) is 3.78. The van der Waals surface area contributed by atoms with E-state index in [2.05, 4.69) is 14.9 Å². The Balaban J connectivity index is 1.33. The molecule has 0 aliphatic carbocycles. The first kappa shape index (κ1) is 17.5. The van der Waals surface area contributed by atoms with Crippen LogP contribution in [-0.4, -0.2) is 64.3 Å². The van der Waals surface area contributed by atoms with Crippen molar-refractivity contribution in [3.05, 3.63) is 54.4 Å². The first-order chi connectivity index (χ1) is 13.2. The summed E-state index contributed by atoms with van der Waals surface area (Å²) in [5.74, 6) is 0.0747. The van der Waals surface area contributed by atoms with Gasteiger partial charge in [-0.05, 0) is 18.1 Å². The molecule has 2 aromatic rings. The Morgan fingerprint density at radius 1 is 0.963 bits per heavy atom. The minimum atomic E-state index is -0.534. The van der Waals surface area contributed by atoms with E-state index in [1.807, 2.05) is 35.2 Å². The van der Waals surface area contributed by atoms with E-state index in [1.54, 1.807) is 23.4 Å². The smallest absolute Gasteiger partial charge is 0.235 e. The number of benzene rings is 1. The molecule has 0 saturated carbocycles. The summed E-state index contributed by atoms with van der Waals surface area (Å²) in [7, 11) is 0. The van der Waals surface area contributed by atoms with E-state index in [0.717, 1.165) is 5.56 Å². The number of carbonyl (C=O) groups is 2. The van der Waals surface area contributed by atoms with E-state index in [-0.39, 0.29) is 11.8 Å². The molecule has 140 valence electrons. The van der Waals surface area contributed by atoms with Crippen molar-refractivity contribution in [3.8, 4) is 0 Å². The van der Waals surface area contributed by atoms with Crippen molar-refractivity contribution in [2.75, 3.05) is 37.6 Å². The molecule has 1 aromatic carbocycles. The van der Waals surface area contributed by atoms with Gasteiger partial charge in [0.2, 0.25) is 17.8 Å². The number of hydrogen-bond donors (Lipinski definition) is 0. The molecule has 0 N–H and O–H groups in total. The van der Waals surface area contributed by atoms with Crippen molar-refractivity contribution in [1.29, 1.82) is 0 Å². The van der Waals surface area contributed by atoms with Crippen molar-refractivity contribution in [2.24, 2.45) is 5.92 Å². The maximum absolute atomic E-state index is 12.9. The summed E-state index contributed by atoms with van der Waals surface area (Å²) in [6, 6.07) is 11.7. The highest BCUT2D eigenvalue weighted by molar-refractivity contribution is 6.01. The van der Waals surface area contributed by atoms with Crippen LogP contribution in [0.3, 0.4) is 0 Å². The van der Waals surface area contributed by atoms with E-state index in [0.29, 0.717) is 51.6 Å². The van der Waals surface area contributed by atoms with Crippen LogP contribution in [0.15, 0.2) is 48.8 Å². The van der Waals surface area contributed by atoms with Gasteiger partial charge in [-0.15, -0.1) is 0 Å². The van der Waals surface area contributed by atoms with E-state index in [9.17, 15) is 9.59 Å². The van der Waals surface area contributed by atoms with Crippen molar-refractivity contribution >= 4 is 17.8 Å². The molecule has 4 rings (SSSR count). The molecule has 0 spiro atoms. The lowest BCUT2D eigenvalue weighted by atomic mass is 10.1. The fraction of sp³-hybridized carbons (Fsp3) is 0.400. The van der Waals surface area contributed by atoms with Gasteiger partial charge in [0, 0.05) is 51.7 Å². The number of anilines is 1. The highest BCUT2D eigenvalue weighted by Crippen LogP contribution is 2.23. The number of amides is 2. The fourth-order valence-corrected chi connectivity index (χ4v) is 3.73. The average molecular weight is 365 g/mol. The lowest BCUT2D eigenvalue weighted by Gasteiger charge is -2.35. The molecule has 2 aliphatic rings. The molecule has 7 heteroatoms. The third-order valence-electron chi connectivity index (χ3n) is 5.24. The van der Waals surface area contributed by atoms with Gasteiger partial charge in [-0.3, -0.25) is 9.59 Å². The zero-order valence-electron chi connectivity index (χ0n) is 15.2. The molecule has 1 unspecified atom stereocenters. The molecule has 27 heavy (non-hydrogen) atoms. The van der Waals surface area contributed by atoms with Gasteiger partial charge >= 0.3 is 0 Å². The third kappa shape index (κ3) is 3.77. The van der Waals surface area contributed by atoms with E-state index in [1.165, 1.54) is 0 Å². The molecule has 1 atom stereocenters. The molecule has 2 aliphatic heterocycles. The number of likely N-dealkylation sites (tertiary alicyclic amines) is 1. The summed E-state index contributed by atoms with van der Waals surface area (Å²) in [5.41, 5.74) is 1.09. The largest absolute Gasteiger partial charge is 0.338 e. The zero-order valence-corrected chi connectivity index (χ0v) is 15.2. The lowest BCUT2D eigenvalue weighted by molar-refractivity contribution is -0.143. The molecular weight excluding hydrogens is 342 g/mol. The monoisotopic (exact) mass is 365 g/mol. The molecule has 2 saturated heterocycles. The fourth-order valence-electron chi connectivity index (χ4n) is 3.73. The van der Waals surface area contributed by atoms with Gasteiger partial charge in [-0.25, -0.2) is 9.97 Å². The van der Waals surface area contributed by atoms with Gasteiger partial charge in [0.1, 0.15) is 5.92 Å². The molecule has 2 fully saturated rings. The molecule has 7 nitrogen and oxygen atoms in total. The molecule has 0 bridgehead atoms.